The quantitative estimate of drug-likeness (QED) is 0.664. The van der Waals surface area contributed by atoms with E-state index >= 15 is 0 Å². The Morgan fingerprint density at radius 1 is 1.33 bits per heavy atom. The number of carbonyl (C=O) groups excluding carboxylic acids is 1. The maximum atomic E-state index is 12.2. The van der Waals surface area contributed by atoms with Gasteiger partial charge in [-0.2, -0.15) is 0 Å². The van der Waals surface area contributed by atoms with Gasteiger partial charge in [0.25, 0.3) is 0 Å². The van der Waals surface area contributed by atoms with Gasteiger partial charge in [-0.25, -0.2) is 14.8 Å². The SMILES string of the molecule is COc1ccc(Cn2c(=O)[nH]c3c(Cl)nc(CC(N)=O)nc32)cc1. The van der Waals surface area contributed by atoms with Crippen LogP contribution in [0.5, 0.6) is 5.75 Å². The number of hydrogen-bond donors (Lipinski definition) is 2. The number of amides is 1. The number of halogens is 1. The third kappa shape index (κ3) is 3.09. The number of hydrogen-bond acceptors (Lipinski definition) is 5. The average Bonchev–Trinajstić information content (AvgIpc) is 2.85. The van der Waals surface area contributed by atoms with Crippen molar-refractivity contribution in [2.75, 3.05) is 7.11 Å². The monoisotopic (exact) mass is 347 g/mol. The van der Waals surface area contributed by atoms with E-state index in [1.54, 1.807) is 19.2 Å². The number of aromatic amines is 1. The molecule has 1 aromatic carbocycles. The van der Waals surface area contributed by atoms with Crippen molar-refractivity contribution in [2.45, 2.75) is 13.0 Å². The number of carbonyl (C=O) groups is 1. The molecule has 3 rings (SSSR count). The molecule has 24 heavy (non-hydrogen) atoms. The van der Waals surface area contributed by atoms with Crippen molar-refractivity contribution in [3.63, 3.8) is 0 Å². The zero-order chi connectivity index (χ0) is 17.3. The van der Waals surface area contributed by atoms with Crippen LogP contribution in [0.1, 0.15) is 11.4 Å². The van der Waals surface area contributed by atoms with E-state index in [2.05, 4.69) is 15.0 Å². The van der Waals surface area contributed by atoms with Gasteiger partial charge in [0.05, 0.1) is 20.1 Å². The lowest BCUT2D eigenvalue weighted by atomic mass is 10.2. The fourth-order valence-corrected chi connectivity index (χ4v) is 2.56. The first kappa shape index (κ1) is 16.0. The van der Waals surface area contributed by atoms with E-state index in [1.807, 2.05) is 12.1 Å². The van der Waals surface area contributed by atoms with Gasteiger partial charge in [-0.3, -0.25) is 9.36 Å². The molecule has 0 bridgehead atoms. The van der Waals surface area contributed by atoms with Crippen LogP contribution in [0, 0.1) is 0 Å². The minimum Gasteiger partial charge on any atom is -0.497 e. The lowest BCUT2D eigenvalue weighted by Gasteiger charge is -2.06. The average molecular weight is 348 g/mol. The summed E-state index contributed by atoms with van der Waals surface area (Å²) in [6, 6.07) is 7.29. The number of benzene rings is 1. The number of nitrogens with two attached hydrogens (primary N) is 1. The van der Waals surface area contributed by atoms with Gasteiger partial charge in [0.2, 0.25) is 5.91 Å². The van der Waals surface area contributed by atoms with Gasteiger partial charge in [0, 0.05) is 0 Å². The molecule has 3 N–H and O–H groups in total. The molecule has 0 saturated heterocycles. The number of methoxy groups -OCH3 is 1. The largest absolute Gasteiger partial charge is 0.497 e. The third-order valence-corrected chi connectivity index (χ3v) is 3.73. The molecule has 0 spiro atoms. The van der Waals surface area contributed by atoms with E-state index in [0.29, 0.717) is 11.2 Å². The molecule has 2 aromatic heterocycles. The lowest BCUT2D eigenvalue weighted by molar-refractivity contribution is -0.117. The summed E-state index contributed by atoms with van der Waals surface area (Å²) in [5.41, 5.74) is 6.32. The Hall–Kier alpha value is -2.87. The van der Waals surface area contributed by atoms with E-state index in [-0.39, 0.29) is 29.6 Å². The standard InChI is InChI=1S/C15H14ClN5O3/c1-24-9-4-2-8(3-5-9)7-21-14-12(20-15(21)23)13(16)18-11(19-14)6-10(17)22/h2-5H,6-7H2,1H3,(H2,17,22)(H,20,23). The highest BCUT2D eigenvalue weighted by atomic mass is 35.5. The highest BCUT2D eigenvalue weighted by molar-refractivity contribution is 6.33. The first-order valence-corrected chi connectivity index (χ1v) is 7.42. The molecule has 0 atom stereocenters. The molecule has 124 valence electrons. The summed E-state index contributed by atoms with van der Waals surface area (Å²) >= 11 is 6.07. The number of primary amides is 1. The van der Waals surface area contributed by atoms with Crippen LogP contribution in [-0.4, -0.2) is 32.5 Å². The molecule has 0 fully saturated rings. The van der Waals surface area contributed by atoms with Gasteiger partial charge in [0.1, 0.15) is 17.1 Å². The van der Waals surface area contributed by atoms with Crippen molar-refractivity contribution in [3.05, 3.63) is 51.3 Å². The second kappa shape index (κ2) is 6.32. The van der Waals surface area contributed by atoms with Crippen molar-refractivity contribution in [2.24, 2.45) is 5.73 Å². The summed E-state index contributed by atoms with van der Waals surface area (Å²) in [7, 11) is 1.58. The molecular weight excluding hydrogens is 334 g/mol. The van der Waals surface area contributed by atoms with Gasteiger partial charge in [-0.15, -0.1) is 0 Å². The van der Waals surface area contributed by atoms with E-state index in [4.69, 9.17) is 22.1 Å². The van der Waals surface area contributed by atoms with E-state index < -0.39 is 5.91 Å². The molecule has 0 aliphatic carbocycles. The molecule has 0 aliphatic heterocycles. The summed E-state index contributed by atoms with van der Waals surface area (Å²) in [5, 5.41) is 0.0711. The van der Waals surface area contributed by atoms with Crippen molar-refractivity contribution in [1.82, 2.24) is 19.5 Å². The fourth-order valence-electron chi connectivity index (χ4n) is 2.33. The zero-order valence-corrected chi connectivity index (χ0v) is 13.5. The maximum absolute atomic E-state index is 12.2. The van der Waals surface area contributed by atoms with Gasteiger partial charge < -0.3 is 15.5 Å². The minimum atomic E-state index is -0.579. The lowest BCUT2D eigenvalue weighted by Crippen LogP contribution is -2.19. The normalized spacial score (nSPS) is 10.9. The minimum absolute atomic E-state index is 0.0711. The number of nitrogens with zero attached hydrogens (tertiary/aromatic N) is 3. The van der Waals surface area contributed by atoms with Crippen LogP contribution >= 0.6 is 11.6 Å². The van der Waals surface area contributed by atoms with Crippen LogP contribution in [0.15, 0.2) is 29.1 Å². The van der Waals surface area contributed by atoms with Gasteiger partial charge in [0.15, 0.2) is 10.8 Å². The first-order valence-electron chi connectivity index (χ1n) is 7.04. The van der Waals surface area contributed by atoms with Crippen LogP contribution in [0.3, 0.4) is 0 Å². The molecular formula is C15H14ClN5O3. The summed E-state index contributed by atoms with van der Waals surface area (Å²) in [6.45, 7) is 0.284. The number of H-pyrrole nitrogens is 1. The van der Waals surface area contributed by atoms with E-state index in [0.717, 1.165) is 11.3 Å². The van der Waals surface area contributed by atoms with Crippen LogP contribution in [0.25, 0.3) is 11.2 Å². The molecule has 3 aromatic rings. The first-order chi connectivity index (χ1) is 11.5. The Morgan fingerprint density at radius 3 is 2.67 bits per heavy atom. The fraction of sp³-hybridized carbons (Fsp3) is 0.200. The Morgan fingerprint density at radius 2 is 2.04 bits per heavy atom. The topological polar surface area (TPSA) is 116 Å². The summed E-state index contributed by atoms with van der Waals surface area (Å²) < 4.78 is 6.54. The molecule has 8 nitrogen and oxygen atoms in total. The van der Waals surface area contributed by atoms with Crippen molar-refractivity contribution < 1.29 is 9.53 Å². The molecule has 0 radical (unpaired) electrons. The molecule has 1 amide bonds. The van der Waals surface area contributed by atoms with Crippen molar-refractivity contribution in [3.8, 4) is 5.75 Å². The van der Waals surface area contributed by atoms with Crippen LogP contribution in [0.2, 0.25) is 5.15 Å². The van der Waals surface area contributed by atoms with Gasteiger partial charge in [-0.1, -0.05) is 23.7 Å². The maximum Gasteiger partial charge on any atom is 0.328 e. The number of aromatic nitrogens is 4. The predicted molar refractivity (Wildman–Crippen MR) is 88.2 cm³/mol. The van der Waals surface area contributed by atoms with Crippen LogP contribution < -0.4 is 16.2 Å². The predicted octanol–water partition coefficient (Wildman–Crippen LogP) is 0.858. The number of ether oxygens (including phenoxy) is 1. The molecule has 0 saturated carbocycles. The zero-order valence-electron chi connectivity index (χ0n) is 12.7. The second-order valence-corrected chi connectivity index (χ2v) is 5.49. The van der Waals surface area contributed by atoms with E-state index in [9.17, 15) is 9.59 Å². The Bertz CT molecular complexity index is 962. The number of nitrogens with one attached hydrogen (secondary N) is 1. The van der Waals surface area contributed by atoms with Crippen LogP contribution in [0.4, 0.5) is 0 Å². The van der Waals surface area contributed by atoms with Gasteiger partial charge in [-0.05, 0) is 17.7 Å². The number of rotatable bonds is 5. The summed E-state index contributed by atoms with van der Waals surface area (Å²) in [4.78, 5) is 34.1. The van der Waals surface area contributed by atoms with Gasteiger partial charge >= 0.3 is 5.69 Å². The van der Waals surface area contributed by atoms with E-state index in [1.165, 1.54) is 4.57 Å². The third-order valence-electron chi connectivity index (χ3n) is 3.46. The smallest absolute Gasteiger partial charge is 0.328 e. The highest BCUT2D eigenvalue weighted by Crippen LogP contribution is 2.19. The highest BCUT2D eigenvalue weighted by Gasteiger charge is 2.15. The van der Waals surface area contributed by atoms with Crippen molar-refractivity contribution >= 4 is 28.7 Å². The molecule has 0 aliphatic rings. The van der Waals surface area contributed by atoms with Crippen LogP contribution in [-0.2, 0) is 17.8 Å². The summed E-state index contributed by atoms with van der Waals surface area (Å²) in [5.74, 6) is 0.312. The molecule has 0 unspecified atom stereocenters. The Kier molecular flexibility index (Phi) is 4.22. The molecule has 9 heteroatoms. The number of imidazole rings is 1. The molecule has 2 heterocycles. The Balaban J connectivity index is 2.05. The van der Waals surface area contributed by atoms with Crippen molar-refractivity contribution in [1.29, 1.82) is 0 Å². The number of fused-ring (bicyclic) bond motifs is 1. The second-order valence-electron chi connectivity index (χ2n) is 5.14. The summed E-state index contributed by atoms with van der Waals surface area (Å²) in [6.07, 6.45) is -0.155. The Labute approximate surface area is 141 Å².